The third-order valence-electron chi connectivity index (χ3n) is 3.58. The number of amides is 2. The molecule has 1 aromatic rings. The van der Waals surface area contributed by atoms with Crippen molar-refractivity contribution in [3.63, 3.8) is 0 Å². The van der Waals surface area contributed by atoms with E-state index in [9.17, 15) is 9.59 Å². The summed E-state index contributed by atoms with van der Waals surface area (Å²) in [5, 5.41) is 6.18. The van der Waals surface area contributed by atoms with Crippen molar-refractivity contribution in [2.75, 3.05) is 13.1 Å². The van der Waals surface area contributed by atoms with E-state index < -0.39 is 6.10 Å². The van der Waals surface area contributed by atoms with Gasteiger partial charge in [0.15, 0.2) is 6.10 Å². The third kappa shape index (κ3) is 6.91. The Morgan fingerprint density at radius 3 is 2.09 bits per heavy atom. The molecule has 0 aliphatic rings. The maximum absolute atomic E-state index is 11.9. The van der Waals surface area contributed by atoms with Crippen LogP contribution in [0, 0.1) is 5.92 Å². The van der Waals surface area contributed by atoms with Crippen LogP contribution < -0.4 is 15.4 Å². The summed E-state index contributed by atoms with van der Waals surface area (Å²) in [7, 11) is 0. The van der Waals surface area contributed by atoms with Gasteiger partial charge < -0.3 is 15.4 Å². The minimum Gasteiger partial charge on any atom is -0.481 e. The van der Waals surface area contributed by atoms with Gasteiger partial charge in [-0.3, -0.25) is 9.59 Å². The molecule has 23 heavy (non-hydrogen) atoms. The molecule has 0 aromatic heterocycles. The fourth-order valence-electron chi connectivity index (χ4n) is 2.09. The fraction of sp³-hybridized carbons (Fsp3) is 0.529. The van der Waals surface area contributed by atoms with Crippen molar-refractivity contribution in [2.24, 2.45) is 5.92 Å². The summed E-state index contributed by atoms with van der Waals surface area (Å²) in [6.45, 7) is 6.44. The van der Waals surface area contributed by atoms with E-state index in [0.717, 1.165) is 12.8 Å². The summed E-state index contributed by atoms with van der Waals surface area (Å²) < 4.78 is 5.52. The van der Waals surface area contributed by atoms with Crippen molar-refractivity contribution in [1.82, 2.24) is 10.6 Å². The molecule has 1 rings (SSSR count). The zero-order valence-electron chi connectivity index (χ0n) is 13.9. The van der Waals surface area contributed by atoms with Crippen molar-refractivity contribution in [2.45, 2.75) is 39.7 Å². The number of benzene rings is 1. The molecular formula is C17H25ClN2O3. The number of hydrogen-bond donors (Lipinski definition) is 2. The Morgan fingerprint density at radius 2 is 1.57 bits per heavy atom. The molecule has 0 aliphatic carbocycles. The molecule has 0 heterocycles. The van der Waals surface area contributed by atoms with Gasteiger partial charge in [-0.15, -0.1) is 0 Å². The summed E-state index contributed by atoms with van der Waals surface area (Å²) in [6, 6.07) is 6.83. The molecule has 128 valence electrons. The van der Waals surface area contributed by atoms with Gasteiger partial charge in [0.1, 0.15) is 5.75 Å². The fourth-order valence-corrected chi connectivity index (χ4v) is 2.22. The second-order valence-corrected chi connectivity index (χ2v) is 5.75. The van der Waals surface area contributed by atoms with Gasteiger partial charge in [0.2, 0.25) is 5.91 Å². The molecule has 5 nitrogen and oxygen atoms in total. The number of nitrogens with one attached hydrogen (secondary N) is 2. The van der Waals surface area contributed by atoms with Crippen molar-refractivity contribution < 1.29 is 14.3 Å². The smallest absolute Gasteiger partial charge is 0.260 e. The second kappa shape index (κ2) is 10.1. The minimum absolute atomic E-state index is 0.0368. The number of rotatable bonds is 9. The van der Waals surface area contributed by atoms with Crippen LogP contribution in [0.5, 0.6) is 5.75 Å². The van der Waals surface area contributed by atoms with Crippen molar-refractivity contribution >= 4 is 23.4 Å². The maximum Gasteiger partial charge on any atom is 0.260 e. The molecule has 1 unspecified atom stereocenters. The number of hydrogen-bond acceptors (Lipinski definition) is 3. The predicted octanol–water partition coefficient (Wildman–Crippen LogP) is 2.78. The predicted molar refractivity (Wildman–Crippen MR) is 91.6 cm³/mol. The zero-order valence-corrected chi connectivity index (χ0v) is 14.7. The molecule has 0 radical (unpaired) electrons. The van der Waals surface area contributed by atoms with Crippen LogP contribution in [0.1, 0.15) is 33.6 Å². The van der Waals surface area contributed by atoms with E-state index in [-0.39, 0.29) is 17.7 Å². The summed E-state index contributed by atoms with van der Waals surface area (Å²) in [5.74, 6) is 0.434. The van der Waals surface area contributed by atoms with Crippen LogP contribution in [-0.4, -0.2) is 31.0 Å². The highest BCUT2D eigenvalue weighted by Crippen LogP contribution is 2.16. The topological polar surface area (TPSA) is 67.4 Å². The van der Waals surface area contributed by atoms with E-state index in [0.29, 0.717) is 23.9 Å². The maximum atomic E-state index is 11.9. The van der Waals surface area contributed by atoms with Crippen LogP contribution in [0.2, 0.25) is 5.02 Å². The molecule has 0 fully saturated rings. The van der Waals surface area contributed by atoms with Crippen LogP contribution in [0.25, 0.3) is 0 Å². The van der Waals surface area contributed by atoms with Crippen LogP contribution >= 0.6 is 11.6 Å². The average molecular weight is 341 g/mol. The van der Waals surface area contributed by atoms with Crippen LogP contribution in [0.3, 0.4) is 0 Å². The summed E-state index contributed by atoms with van der Waals surface area (Å²) in [6.07, 6.45) is 1.02. The van der Waals surface area contributed by atoms with E-state index >= 15 is 0 Å². The van der Waals surface area contributed by atoms with Crippen LogP contribution in [0.4, 0.5) is 0 Å². The van der Waals surface area contributed by atoms with Gasteiger partial charge >= 0.3 is 0 Å². The summed E-state index contributed by atoms with van der Waals surface area (Å²) in [5.41, 5.74) is 0. The van der Waals surface area contributed by atoms with Crippen molar-refractivity contribution in [1.29, 1.82) is 0 Å². The Labute approximate surface area is 142 Å². The lowest BCUT2D eigenvalue weighted by molar-refractivity contribution is -0.128. The van der Waals surface area contributed by atoms with Gasteiger partial charge in [-0.05, 0) is 44.0 Å². The van der Waals surface area contributed by atoms with E-state index in [1.807, 2.05) is 13.8 Å². The van der Waals surface area contributed by atoms with Gasteiger partial charge in [0.25, 0.3) is 5.91 Å². The Kier molecular flexibility index (Phi) is 8.48. The monoisotopic (exact) mass is 340 g/mol. The van der Waals surface area contributed by atoms with Gasteiger partial charge in [-0.25, -0.2) is 0 Å². The molecule has 1 atom stereocenters. The summed E-state index contributed by atoms with van der Waals surface area (Å²) in [4.78, 5) is 23.7. The molecule has 0 spiro atoms. The van der Waals surface area contributed by atoms with Crippen LogP contribution in [0.15, 0.2) is 24.3 Å². The Morgan fingerprint density at radius 1 is 1.04 bits per heavy atom. The first-order valence-corrected chi connectivity index (χ1v) is 8.33. The molecule has 6 heteroatoms. The van der Waals surface area contributed by atoms with Crippen molar-refractivity contribution in [3.8, 4) is 5.75 Å². The lowest BCUT2D eigenvalue weighted by Crippen LogP contribution is -2.41. The Bertz CT molecular complexity index is 501. The third-order valence-corrected chi connectivity index (χ3v) is 3.83. The molecule has 0 saturated heterocycles. The first-order chi connectivity index (χ1) is 11.0. The lowest BCUT2D eigenvalue weighted by Gasteiger charge is -2.16. The zero-order chi connectivity index (χ0) is 17.2. The van der Waals surface area contributed by atoms with Crippen molar-refractivity contribution in [3.05, 3.63) is 29.3 Å². The van der Waals surface area contributed by atoms with Gasteiger partial charge in [-0.2, -0.15) is 0 Å². The van der Waals surface area contributed by atoms with Gasteiger partial charge in [0.05, 0.1) is 0 Å². The first-order valence-electron chi connectivity index (χ1n) is 7.95. The SMILES string of the molecule is CCC(CC)C(=O)NCCNC(=O)C(C)Oc1ccc(Cl)cc1. The Balaban J connectivity index is 2.27. The lowest BCUT2D eigenvalue weighted by atomic mass is 10.0. The highest BCUT2D eigenvalue weighted by Gasteiger charge is 2.15. The highest BCUT2D eigenvalue weighted by molar-refractivity contribution is 6.30. The molecule has 1 aromatic carbocycles. The first kappa shape index (κ1) is 19.3. The Hall–Kier alpha value is -1.75. The number of halogens is 1. The van der Waals surface area contributed by atoms with Gasteiger partial charge in [0, 0.05) is 24.0 Å². The number of carbonyl (C=O) groups excluding carboxylic acids is 2. The second-order valence-electron chi connectivity index (χ2n) is 5.31. The highest BCUT2D eigenvalue weighted by atomic mass is 35.5. The summed E-state index contributed by atoms with van der Waals surface area (Å²) >= 11 is 5.79. The standard InChI is InChI=1S/C17H25ClN2O3/c1-4-13(5-2)17(22)20-11-10-19-16(21)12(3)23-15-8-6-14(18)7-9-15/h6-9,12-13H,4-5,10-11H2,1-3H3,(H,19,21)(H,20,22). The van der Waals surface area contributed by atoms with Gasteiger partial charge in [-0.1, -0.05) is 25.4 Å². The van der Waals surface area contributed by atoms with E-state index in [1.54, 1.807) is 31.2 Å². The number of carbonyl (C=O) groups is 2. The van der Waals surface area contributed by atoms with E-state index in [1.165, 1.54) is 0 Å². The molecule has 2 amide bonds. The van der Waals surface area contributed by atoms with E-state index in [2.05, 4.69) is 10.6 Å². The molecule has 0 saturated carbocycles. The normalized spacial score (nSPS) is 11.9. The quantitative estimate of drug-likeness (QED) is 0.679. The average Bonchev–Trinajstić information content (AvgIpc) is 2.54. The number of ether oxygens (including phenoxy) is 1. The van der Waals surface area contributed by atoms with Crippen LogP contribution in [-0.2, 0) is 9.59 Å². The largest absolute Gasteiger partial charge is 0.481 e. The molecule has 2 N–H and O–H groups in total. The molecule has 0 aliphatic heterocycles. The minimum atomic E-state index is -0.620. The molecular weight excluding hydrogens is 316 g/mol. The van der Waals surface area contributed by atoms with E-state index in [4.69, 9.17) is 16.3 Å². The molecule has 0 bridgehead atoms.